The van der Waals surface area contributed by atoms with Crippen molar-refractivity contribution in [1.29, 1.82) is 0 Å². The van der Waals surface area contributed by atoms with Crippen molar-refractivity contribution in [3.8, 4) is 22.6 Å². The second-order valence-electron chi connectivity index (χ2n) is 4.19. The van der Waals surface area contributed by atoms with Crippen LogP contribution in [-0.4, -0.2) is 13.2 Å². The van der Waals surface area contributed by atoms with Crippen molar-refractivity contribution >= 4 is 11.6 Å². The van der Waals surface area contributed by atoms with Crippen LogP contribution >= 0.6 is 11.6 Å². The lowest BCUT2D eigenvalue weighted by atomic mass is 10.0. The highest BCUT2D eigenvalue weighted by atomic mass is 35.5. The first-order chi connectivity index (χ1) is 8.86. The van der Waals surface area contributed by atoms with Crippen LogP contribution in [0.3, 0.4) is 0 Å². The van der Waals surface area contributed by atoms with Gasteiger partial charge in [0.1, 0.15) is 13.2 Å². The Morgan fingerprint density at radius 3 is 2.22 bits per heavy atom. The summed E-state index contributed by atoms with van der Waals surface area (Å²) in [5.74, 6) is 2.18. The van der Waals surface area contributed by atoms with Crippen LogP contribution in [0, 0.1) is 0 Å². The number of hydrogen-bond donors (Lipinski definition) is 0. The minimum atomic E-state index is 0.543. The van der Waals surface area contributed by atoms with Crippen molar-refractivity contribution in [2.45, 2.75) is 5.88 Å². The summed E-state index contributed by atoms with van der Waals surface area (Å²) in [7, 11) is 0. The third-order valence-electron chi connectivity index (χ3n) is 2.98. The fourth-order valence-corrected chi connectivity index (χ4v) is 2.19. The van der Waals surface area contributed by atoms with Gasteiger partial charge in [-0.2, -0.15) is 0 Å². The van der Waals surface area contributed by atoms with Crippen LogP contribution in [0.1, 0.15) is 5.56 Å². The van der Waals surface area contributed by atoms with E-state index in [9.17, 15) is 0 Å². The molecule has 0 saturated heterocycles. The number of halogens is 1. The second-order valence-corrected chi connectivity index (χ2v) is 4.46. The van der Waals surface area contributed by atoms with E-state index in [0.717, 1.165) is 28.2 Å². The van der Waals surface area contributed by atoms with Crippen LogP contribution in [0.2, 0.25) is 0 Å². The van der Waals surface area contributed by atoms with E-state index in [1.165, 1.54) is 0 Å². The second kappa shape index (κ2) is 4.91. The maximum atomic E-state index is 5.78. The summed E-state index contributed by atoms with van der Waals surface area (Å²) in [4.78, 5) is 0. The molecular formula is C15H13ClO2. The van der Waals surface area contributed by atoms with E-state index in [0.29, 0.717) is 19.1 Å². The highest BCUT2D eigenvalue weighted by molar-refractivity contribution is 6.17. The lowest BCUT2D eigenvalue weighted by Gasteiger charge is -2.18. The van der Waals surface area contributed by atoms with Crippen molar-refractivity contribution in [2.75, 3.05) is 13.2 Å². The molecule has 0 atom stereocenters. The van der Waals surface area contributed by atoms with E-state index >= 15 is 0 Å². The predicted molar refractivity (Wildman–Crippen MR) is 72.4 cm³/mol. The van der Waals surface area contributed by atoms with Crippen molar-refractivity contribution in [1.82, 2.24) is 0 Å². The number of benzene rings is 2. The summed E-state index contributed by atoms with van der Waals surface area (Å²) in [5.41, 5.74) is 3.40. The number of fused-ring (bicyclic) bond motifs is 1. The number of alkyl halides is 1. The normalized spacial score (nSPS) is 13.4. The topological polar surface area (TPSA) is 18.5 Å². The number of ether oxygens (including phenoxy) is 2. The van der Waals surface area contributed by atoms with E-state index in [2.05, 4.69) is 12.1 Å². The van der Waals surface area contributed by atoms with Gasteiger partial charge in [-0.15, -0.1) is 11.6 Å². The molecule has 0 N–H and O–H groups in total. The van der Waals surface area contributed by atoms with Gasteiger partial charge in [0.2, 0.25) is 0 Å². The molecule has 0 aliphatic carbocycles. The van der Waals surface area contributed by atoms with Crippen LogP contribution in [-0.2, 0) is 5.88 Å². The summed E-state index contributed by atoms with van der Waals surface area (Å²) >= 11 is 5.78. The highest BCUT2D eigenvalue weighted by Gasteiger charge is 2.12. The van der Waals surface area contributed by atoms with Crippen LogP contribution in [0.15, 0.2) is 42.5 Å². The van der Waals surface area contributed by atoms with Gasteiger partial charge in [-0.1, -0.05) is 30.3 Å². The summed E-state index contributed by atoms with van der Waals surface area (Å²) in [6.45, 7) is 1.23. The first-order valence-corrected chi connectivity index (χ1v) is 6.45. The van der Waals surface area contributed by atoms with Crippen LogP contribution in [0.5, 0.6) is 11.5 Å². The Balaban J connectivity index is 1.95. The SMILES string of the molecule is ClCc1ccc(-c2ccc3c(c2)OCCO3)cc1. The molecule has 18 heavy (non-hydrogen) atoms. The molecule has 0 aromatic heterocycles. The van der Waals surface area contributed by atoms with Crippen molar-refractivity contribution in [3.05, 3.63) is 48.0 Å². The standard InChI is InChI=1S/C15H13ClO2/c16-10-11-1-3-12(4-2-11)13-5-6-14-15(9-13)18-8-7-17-14/h1-6,9H,7-8,10H2. The molecule has 92 valence electrons. The molecule has 0 amide bonds. The van der Waals surface area contributed by atoms with Gasteiger partial charge < -0.3 is 9.47 Å². The monoisotopic (exact) mass is 260 g/mol. The Hall–Kier alpha value is -1.67. The smallest absolute Gasteiger partial charge is 0.161 e. The fourth-order valence-electron chi connectivity index (χ4n) is 2.01. The van der Waals surface area contributed by atoms with Gasteiger partial charge >= 0.3 is 0 Å². The molecule has 1 aliphatic heterocycles. The first-order valence-electron chi connectivity index (χ1n) is 5.92. The molecule has 1 heterocycles. The molecule has 1 aliphatic rings. The molecule has 3 heteroatoms. The molecule has 0 unspecified atom stereocenters. The molecule has 0 fully saturated rings. The Kier molecular flexibility index (Phi) is 3.11. The summed E-state index contributed by atoms with van der Waals surface area (Å²) in [5, 5.41) is 0. The molecule has 3 rings (SSSR count). The molecular weight excluding hydrogens is 248 g/mol. The zero-order valence-electron chi connectivity index (χ0n) is 9.86. The Bertz CT molecular complexity index is 549. The highest BCUT2D eigenvalue weighted by Crippen LogP contribution is 2.34. The third-order valence-corrected chi connectivity index (χ3v) is 3.29. The van der Waals surface area contributed by atoms with Gasteiger partial charge in [-0.25, -0.2) is 0 Å². The number of rotatable bonds is 2. The third kappa shape index (κ3) is 2.16. The van der Waals surface area contributed by atoms with Gasteiger partial charge in [0.15, 0.2) is 11.5 Å². The minimum Gasteiger partial charge on any atom is -0.486 e. The lowest BCUT2D eigenvalue weighted by molar-refractivity contribution is 0.171. The molecule has 2 aromatic carbocycles. The van der Waals surface area contributed by atoms with Gasteiger partial charge in [0, 0.05) is 5.88 Å². The van der Waals surface area contributed by atoms with E-state index in [1.54, 1.807) is 0 Å². The van der Waals surface area contributed by atoms with Crippen LogP contribution in [0.25, 0.3) is 11.1 Å². The largest absolute Gasteiger partial charge is 0.486 e. The van der Waals surface area contributed by atoms with Crippen molar-refractivity contribution in [2.24, 2.45) is 0 Å². The first kappa shape index (κ1) is 11.4. The Morgan fingerprint density at radius 2 is 1.50 bits per heavy atom. The zero-order chi connectivity index (χ0) is 12.4. The van der Waals surface area contributed by atoms with E-state index in [1.807, 2.05) is 30.3 Å². The average molecular weight is 261 g/mol. The average Bonchev–Trinajstić information content (AvgIpc) is 2.47. The van der Waals surface area contributed by atoms with Crippen LogP contribution < -0.4 is 9.47 Å². The maximum absolute atomic E-state index is 5.78. The summed E-state index contributed by atoms with van der Waals surface area (Å²) < 4.78 is 11.1. The Morgan fingerprint density at radius 1 is 0.833 bits per heavy atom. The van der Waals surface area contributed by atoms with Gasteiger partial charge in [-0.05, 0) is 28.8 Å². The van der Waals surface area contributed by atoms with Crippen molar-refractivity contribution < 1.29 is 9.47 Å². The Labute approximate surface area is 111 Å². The van der Waals surface area contributed by atoms with Gasteiger partial charge in [0.25, 0.3) is 0 Å². The zero-order valence-corrected chi connectivity index (χ0v) is 10.6. The lowest BCUT2D eigenvalue weighted by Crippen LogP contribution is -2.15. The molecule has 0 radical (unpaired) electrons. The minimum absolute atomic E-state index is 0.543. The van der Waals surface area contributed by atoms with E-state index in [4.69, 9.17) is 21.1 Å². The number of hydrogen-bond acceptors (Lipinski definition) is 2. The fraction of sp³-hybridized carbons (Fsp3) is 0.200. The van der Waals surface area contributed by atoms with Crippen molar-refractivity contribution in [3.63, 3.8) is 0 Å². The van der Waals surface area contributed by atoms with Gasteiger partial charge in [-0.3, -0.25) is 0 Å². The van der Waals surface area contributed by atoms with E-state index in [-0.39, 0.29) is 0 Å². The summed E-state index contributed by atoms with van der Waals surface area (Å²) in [6, 6.07) is 14.2. The quantitative estimate of drug-likeness (QED) is 0.764. The molecule has 0 spiro atoms. The molecule has 2 nitrogen and oxygen atoms in total. The molecule has 2 aromatic rings. The van der Waals surface area contributed by atoms with Crippen LogP contribution in [0.4, 0.5) is 0 Å². The van der Waals surface area contributed by atoms with Gasteiger partial charge in [0.05, 0.1) is 0 Å². The molecule has 0 bridgehead atoms. The maximum Gasteiger partial charge on any atom is 0.161 e. The van der Waals surface area contributed by atoms with E-state index < -0.39 is 0 Å². The predicted octanol–water partition coefficient (Wildman–Crippen LogP) is 3.86. The molecule has 0 saturated carbocycles. The summed E-state index contributed by atoms with van der Waals surface area (Å²) in [6.07, 6.45) is 0.